The molecule has 2 amide bonds. The number of rotatable bonds is 5. The van der Waals surface area contributed by atoms with E-state index in [1.165, 1.54) is 17.7 Å². The number of hydrogen-bond acceptors (Lipinski definition) is 6. The molecule has 2 N–H and O–H groups in total. The van der Waals surface area contributed by atoms with Gasteiger partial charge in [-0.05, 0) is 41.0 Å². The predicted octanol–water partition coefficient (Wildman–Crippen LogP) is 3.96. The van der Waals surface area contributed by atoms with Crippen LogP contribution >= 0.6 is 22.9 Å². The van der Waals surface area contributed by atoms with E-state index in [-0.39, 0.29) is 0 Å². The van der Waals surface area contributed by atoms with Crippen molar-refractivity contribution in [3.63, 3.8) is 0 Å². The first-order valence-corrected chi connectivity index (χ1v) is 11.6. The number of nitrogens with zero attached hydrogens (tertiary/aromatic N) is 4. The van der Waals surface area contributed by atoms with Crippen LogP contribution in [0.3, 0.4) is 0 Å². The Morgan fingerprint density at radius 2 is 1.55 bits per heavy atom. The SMILES string of the molecule is Nc1ncnc2cc(CN3CCN(Cc4ccc(-c5ccc(Cl)s5)cc4)C(=O)C3=O)ccc12. The van der Waals surface area contributed by atoms with Crippen molar-refractivity contribution in [3.8, 4) is 10.4 Å². The van der Waals surface area contributed by atoms with Crippen molar-refractivity contribution in [2.75, 3.05) is 18.8 Å². The number of anilines is 1. The number of fused-ring (bicyclic) bond motifs is 1. The molecule has 2 aromatic carbocycles. The smallest absolute Gasteiger partial charge is 0.312 e. The lowest BCUT2D eigenvalue weighted by molar-refractivity contribution is -0.156. The highest BCUT2D eigenvalue weighted by Gasteiger charge is 2.32. The van der Waals surface area contributed by atoms with Gasteiger partial charge in [-0.1, -0.05) is 41.9 Å². The second-order valence-electron chi connectivity index (χ2n) is 7.86. The Hall–Kier alpha value is -3.49. The molecule has 1 fully saturated rings. The minimum atomic E-state index is -0.492. The lowest BCUT2D eigenvalue weighted by Crippen LogP contribution is -2.53. The van der Waals surface area contributed by atoms with Crippen molar-refractivity contribution in [1.29, 1.82) is 0 Å². The van der Waals surface area contributed by atoms with Crippen molar-refractivity contribution in [3.05, 3.63) is 76.4 Å². The monoisotopic (exact) mass is 477 g/mol. The lowest BCUT2D eigenvalue weighted by atomic mass is 10.1. The highest BCUT2D eigenvalue weighted by Crippen LogP contribution is 2.31. The van der Waals surface area contributed by atoms with Gasteiger partial charge in [-0.25, -0.2) is 9.97 Å². The molecule has 0 radical (unpaired) electrons. The summed E-state index contributed by atoms with van der Waals surface area (Å²) in [4.78, 5) is 38.0. The lowest BCUT2D eigenvalue weighted by Gasteiger charge is -2.34. The fourth-order valence-corrected chi connectivity index (χ4v) is 4.97. The molecular formula is C24H20ClN5O2S. The molecule has 9 heteroatoms. The Morgan fingerprint density at radius 1 is 0.879 bits per heavy atom. The maximum atomic E-state index is 12.8. The number of amides is 2. The van der Waals surface area contributed by atoms with Crippen molar-refractivity contribution >= 4 is 51.5 Å². The van der Waals surface area contributed by atoms with Crippen molar-refractivity contribution < 1.29 is 9.59 Å². The van der Waals surface area contributed by atoms with E-state index in [9.17, 15) is 9.59 Å². The second-order valence-corrected chi connectivity index (χ2v) is 9.58. The number of carbonyl (C=O) groups is 2. The van der Waals surface area contributed by atoms with Gasteiger partial charge in [0.05, 0.1) is 9.85 Å². The third-order valence-electron chi connectivity index (χ3n) is 5.69. The molecule has 166 valence electrons. The highest BCUT2D eigenvalue weighted by molar-refractivity contribution is 7.19. The first-order valence-electron chi connectivity index (χ1n) is 10.4. The zero-order valence-electron chi connectivity index (χ0n) is 17.6. The fourth-order valence-electron chi connectivity index (χ4n) is 3.92. The van der Waals surface area contributed by atoms with Crippen LogP contribution in [-0.4, -0.2) is 44.7 Å². The Balaban J connectivity index is 1.24. The summed E-state index contributed by atoms with van der Waals surface area (Å²) in [6.07, 6.45) is 1.41. The van der Waals surface area contributed by atoms with Crippen LogP contribution < -0.4 is 5.73 Å². The van der Waals surface area contributed by atoms with E-state index in [1.807, 2.05) is 54.6 Å². The van der Waals surface area contributed by atoms with E-state index < -0.39 is 11.8 Å². The molecule has 0 unspecified atom stereocenters. The summed E-state index contributed by atoms with van der Waals surface area (Å²) < 4.78 is 0.747. The second kappa shape index (κ2) is 8.80. The van der Waals surface area contributed by atoms with Gasteiger partial charge < -0.3 is 15.5 Å². The van der Waals surface area contributed by atoms with E-state index in [4.69, 9.17) is 17.3 Å². The largest absolute Gasteiger partial charge is 0.383 e. The number of hydrogen-bond donors (Lipinski definition) is 1. The van der Waals surface area contributed by atoms with Crippen LogP contribution in [0.2, 0.25) is 4.34 Å². The van der Waals surface area contributed by atoms with Gasteiger partial charge in [0.25, 0.3) is 0 Å². The van der Waals surface area contributed by atoms with Crippen molar-refractivity contribution in [1.82, 2.24) is 19.8 Å². The molecule has 0 bridgehead atoms. The molecule has 3 heterocycles. The van der Waals surface area contributed by atoms with Gasteiger partial charge in [0.1, 0.15) is 12.1 Å². The summed E-state index contributed by atoms with van der Waals surface area (Å²) >= 11 is 7.55. The molecule has 4 aromatic rings. The minimum Gasteiger partial charge on any atom is -0.383 e. The number of halogens is 1. The molecule has 1 saturated heterocycles. The Labute approximate surface area is 199 Å². The number of benzene rings is 2. The topological polar surface area (TPSA) is 92.4 Å². The van der Waals surface area contributed by atoms with Crippen LogP contribution in [0.4, 0.5) is 5.82 Å². The highest BCUT2D eigenvalue weighted by atomic mass is 35.5. The summed E-state index contributed by atoms with van der Waals surface area (Å²) in [5.74, 6) is -0.560. The van der Waals surface area contributed by atoms with Crippen LogP contribution in [0.5, 0.6) is 0 Å². The molecular weight excluding hydrogens is 458 g/mol. The zero-order valence-corrected chi connectivity index (χ0v) is 19.1. The first-order chi connectivity index (χ1) is 16.0. The maximum Gasteiger partial charge on any atom is 0.312 e. The van der Waals surface area contributed by atoms with Crippen LogP contribution in [0.1, 0.15) is 11.1 Å². The average Bonchev–Trinajstić information content (AvgIpc) is 3.26. The van der Waals surface area contributed by atoms with Gasteiger partial charge in [-0.15, -0.1) is 11.3 Å². The van der Waals surface area contributed by atoms with Gasteiger partial charge in [-0.2, -0.15) is 0 Å². The van der Waals surface area contributed by atoms with E-state index in [0.717, 1.165) is 31.3 Å². The summed E-state index contributed by atoms with van der Waals surface area (Å²) in [6, 6.07) is 17.4. The van der Waals surface area contributed by atoms with E-state index in [2.05, 4.69) is 9.97 Å². The molecule has 33 heavy (non-hydrogen) atoms. The van der Waals surface area contributed by atoms with Gasteiger partial charge in [0.15, 0.2) is 0 Å². The molecule has 7 nitrogen and oxygen atoms in total. The van der Waals surface area contributed by atoms with Gasteiger partial charge >= 0.3 is 11.8 Å². The maximum absolute atomic E-state index is 12.8. The first kappa shape index (κ1) is 21.4. The third kappa shape index (κ3) is 4.40. The normalized spacial score (nSPS) is 14.3. The van der Waals surface area contributed by atoms with E-state index in [1.54, 1.807) is 9.80 Å². The van der Waals surface area contributed by atoms with Crippen LogP contribution in [0.25, 0.3) is 21.3 Å². The zero-order chi connectivity index (χ0) is 22.9. The Kier molecular flexibility index (Phi) is 5.70. The fraction of sp³-hybridized carbons (Fsp3) is 0.167. The molecule has 1 aliphatic rings. The van der Waals surface area contributed by atoms with Crippen LogP contribution in [0.15, 0.2) is 60.9 Å². The standard InChI is InChI=1S/C24H20ClN5O2S/c25-21-8-7-20(33-21)17-4-1-15(2-5-17)12-29-9-10-30(24(32)23(29)31)13-16-3-6-18-19(11-16)27-14-28-22(18)26/h1-8,11,14H,9-10,12-13H2,(H2,26,27,28). The molecule has 1 aliphatic heterocycles. The molecule has 2 aromatic heterocycles. The summed E-state index contributed by atoms with van der Waals surface area (Å²) in [6.45, 7) is 1.70. The number of carbonyl (C=O) groups excluding carboxylic acids is 2. The summed E-state index contributed by atoms with van der Waals surface area (Å²) in [5.41, 5.74) is 9.53. The minimum absolute atomic E-state index is 0.344. The third-order valence-corrected chi connectivity index (χ3v) is 6.97. The molecule has 0 saturated carbocycles. The molecule has 0 spiro atoms. The number of nitrogens with two attached hydrogens (primary N) is 1. The molecule has 5 rings (SSSR count). The molecule has 0 aliphatic carbocycles. The van der Waals surface area contributed by atoms with Crippen LogP contribution in [0, 0.1) is 0 Å². The average molecular weight is 478 g/mol. The van der Waals surface area contributed by atoms with Gasteiger partial charge in [0, 0.05) is 36.4 Å². The summed E-state index contributed by atoms with van der Waals surface area (Å²) in [7, 11) is 0. The van der Waals surface area contributed by atoms with E-state index >= 15 is 0 Å². The predicted molar refractivity (Wildman–Crippen MR) is 130 cm³/mol. The van der Waals surface area contributed by atoms with Gasteiger partial charge in [-0.3, -0.25) is 9.59 Å². The van der Waals surface area contributed by atoms with Crippen molar-refractivity contribution in [2.45, 2.75) is 13.1 Å². The number of piperazine rings is 1. The summed E-state index contributed by atoms with van der Waals surface area (Å²) in [5, 5.41) is 0.765. The van der Waals surface area contributed by atoms with E-state index in [0.29, 0.717) is 37.5 Å². The quantitative estimate of drug-likeness (QED) is 0.439. The Morgan fingerprint density at radius 3 is 2.21 bits per heavy atom. The number of nitrogen functional groups attached to an aromatic ring is 1. The van der Waals surface area contributed by atoms with Crippen LogP contribution in [-0.2, 0) is 22.7 Å². The molecule has 0 atom stereocenters. The Bertz CT molecular complexity index is 1350. The number of aromatic nitrogens is 2. The number of thiophene rings is 1. The van der Waals surface area contributed by atoms with Crippen molar-refractivity contribution in [2.24, 2.45) is 0 Å². The van der Waals surface area contributed by atoms with Gasteiger partial charge in [0.2, 0.25) is 0 Å².